The summed E-state index contributed by atoms with van der Waals surface area (Å²) in [5.41, 5.74) is 0. The fourth-order valence-corrected chi connectivity index (χ4v) is 7.53. The van der Waals surface area contributed by atoms with Gasteiger partial charge in [-0.15, -0.1) is 0 Å². The molecule has 170 valence electrons. The van der Waals surface area contributed by atoms with Crippen molar-refractivity contribution in [1.82, 2.24) is 31.5 Å². The van der Waals surface area contributed by atoms with Gasteiger partial charge in [-0.05, 0) is 50.4 Å². The Labute approximate surface area is 180 Å². The van der Waals surface area contributed by atoms with Gasteiger partial charge in [0.2, 0.25) is 0 Å². The molecule has 6 saturated heterocycles. The van der Waals surface area contributed by atoms with Gasteiger partial charge in [-0.1, -0.05) is 0 Å². The van der Waals surface area contributed by atoms with Crippen LogP contribution in [-0.2, 0) is 9.47 Å². The lowest BCUT2D eigenvalue weighted by atomic mass is 9.66. The normalized spacial score (nSPS) is 50.2. The van der Waals surface area contributed by atoms with Gasteiger partial charge in [-0.25, -0.2) is 0 Å². The molecule has 0 aromatic carbocycles. The summed E-state index contributed by atoms with van der Waals surface area (Å²) in [4.78, 5) is 2.77. The maximum atomic E-state index is 6.58. The fraction of sp³-hybridized carbons (Fsp3) is 1.00. The standard InChI is InChI=1S/C22H40N6O2/c1-2-23-8-15-14(1)7-24-9-16(15)17-10-25-12-19-22(17)30-6-4-28(19)18-11-26-13-20-21(18)27-3-5-29-20/h14-27H,1-13H2. The van der Waals surface area contributed by atoms with Crippen molar-refractivity contribution in [3.63, 3.8) is 0 Å². The van der Waals surface area contributed by atoms with E-state index in [-0.39, 0.29) is 0 Å². The van der Waals surface area contributed by atoms with Gasteiger partial charge in [-0.2, -0.15) is 0 Å². The molecular formula is C22H40N6O2. The third kappa shape index (κ3) is 3.63. The molecule has 8 heteroatoms. The van der Waals surface area contributed by atoms with Crippen LogP contribution in [0, 0.1) is 23.7 Å². The quantitative estimate of drug-likeness (QED) is 0.353. The van der Waals surface area contributed by atoms with Crippen molar-refractivity contribution in [2.75, 3.05) is 78.7 Å². The van der Waals surface area contributed by atoms with Gasteiger partial charge in [0.15, 0.2) is 0 Å². The van der Waals surface area contributed by atoms with Crippen molar-refractivity contribution >= 4 is 0 Å². The Morgan fingerprint density at radius 2 is 1.50 bits per heavy atom. The second-order valence-corrected chi connectivity index (χ2v) is 10.3. The Morgan fingerprint density at radius 1 is 0.667 bits per heavy atom. The van der Waals surface area contributed by atoms with E-state index >= 15 is 0 Å². The molecule has 9 atom stereocenters. The van der Waals surface area contributed by atoms with E-state index in [1.807, 2.05) is 0 Å². The molecule has 6 rings (SSSR count). The highest BCUT2D eigenvalue weighted by molar-refractivity contribution is 5.06. The first-order valence-corrected chi connectivity index (χ1v) is 12.5. The molecular weight excluding hydrogens is 380 g/mol. The van der Waals surface area contributed by atoms with Gasteiger partial charge in [0.05, 0.1) is 31.5 Å². The van der Waals surface area contributed by atoms with Crippen LogP contribution in [0.15, 0.2) is 0 Å². The van der Waals surface area contributed by atoms with Crippen molar-refractivity contribution in [3.05, 3.63) is 0 Å². The zero-order valence-corrected chi connectivity index (χ0v) is 18.2. The molecule has 0 aliphatic carbocycles. The molecule has 0 radical (unpaired) electrons. The minimum Gasteiger partial charge on any atom is -0.375 e. The van der Waals surface area contributed by atoms with Gasteiger partial charge in [0.1, 0.15) is 0 Å². The molecule has 6 heterocycles. The summed E-state index contributed by atoms with van der Waals surface area (Å²) >= 11 is 0. The molecule has 0 aromatic heterocycles. The molecule has 0 amide bonds. The third-order valence-corrected chi connectivity index (χ3v) is 8.94. The number of hydrogen-bond donors (Lipinski definition) is 5. The minimum absolute atomic E-state index is 0.294. The van der Waals surface area contributed by atoms with Crippen molar-refractivity contribution in [2.24, 2.45) is 23.7 Å². The molecule has 6 aliphatic rings. The van der Waals surface area contributed by atoms with Gasteiger partial charge < -0.3 is 36.1 Å². The number of nitrogens with one attached hydrogen (secondary N) is 5. The molecule has 6 aliphatic heterocycles. The minimum atomic E-state index is 0.294. The summed E-state index contributed by atoms with van der Waals surface area (Å²) in [6.45, 7) is 12.6. The Bertz CT molecular complexity index is 542. The Kier molecular flexibility index (Phi) is 6.02. The topological polar surface area (TPSA) is 81.9 Å². The van der Waals surface area contributed by atoms with Crippen LogP contribution in [0.5, 0.6) is 0 Å². The number of fused-ring (bicyclic) bond motifs is 3. The lowest BCUT2D eigenvalue weighted by Gasteiger charge is -2.56. The smallest absolute Gasteiger partial charge is 0.0868 e. The zero-order valence-electron chi connectivity index (χ0n) is 18.2. The predicted octanol–water partition coefficient (Wildman–Crippen LogP) is -1.95. The molecule has 0 saturated carbocycles. The summed E-state index contributed by atoms with van der Waals surface area (Å²) in [7, 11) is 0. The van der Waals surface area contributed by atoms with Crippen LogP contribution in [0.3, 0.4) is 0 Å². The van der Waals surface area contributed by atoms with E-state index in [0.717, 1.165) is 70.9 Å². The summed E-state index contributed by atoms with van der Waals surface area (Å²) < 4.78 is 12.7. The van der Waals surface area contributed by atoms with E-state index in [2.05, 4.69) is 31.5 Å². The number of rotatable bonds is 2. The second-order valence-electron chi connectivity index (χ2n) is 10.3. The van der Waals surface area contributed by atoms with Crippen molar-refractivity contribution in [3.8, 4) is 0 Å². The van der Waals surface area contributed by atoms with Crippen LogP contribution < -0.4 is 26.6 Å². The Balaban J connectivity index is 1.21. The highest BCUT2D eigenvalue weighted by Crippen LogP contribution is 2.39. The number of piperidine rings is 4. The van der Waals surface area contributed by atoms with E-state index < -0.39 is 0 Å². The summed E-state index contributed by atoms with van der Waals surface area (Å²) in [5, 5.41) is 18.7. The van der Waals surface area contributed by atoms with Crippen LogP contribution in [0.2, 0.25) is 0 Å². The average molecular weight is 421 g/mol. The monoisotopic (exact) mass is 420 g/mol. The number of morpholine rings is 2. The van der Waals surface area contributed by atoms with E-state index in [9.17, 15) is 0 Å². The van der Waals surface area contributed by atoms with E-state index in [4.69, 9.17) is 9.47 Å². The Hall–Kier alpha value is -0.320. The van der Waals surface area contributed by atoms with Gasteiger partial charge in [-0.3, -0.25) is 4.90 Å². The first-order chi connectivity index (χ1) is 14.9. The molecule has 8 nitrogen and oxygen atoms in total. The molecule has 0 spiro atoms. The number of nitrogens with zero attached hydrogens (tertiary/aromatic N) is 1. The van der Waals surface area contributed by atoms with E-state index in [1.54, 1.807) is 0 Å². The van der Waals surface area contributed by atoms with Crippen LogP contribution >= 0.6 is 0 Å². The Morgan fingerprint density at radius 3 is 2.50 bits per heavy atom. The van der Waals surface area contributed by atoms with Crippen molar-refractivity contribution in [2.45, 2.75) is 36.8 Å². The summed E-state index contributed by atoms with van der Waals surface area (Å²) in [6, 6.07) is 1.38. The summed E-state index contributed by atoms with van der Waals surface area (Å²) in [5.74, 6) is 2.91. The van der Waals surface area contributed by atoms with Crippen LogP contribution in [0.1, 0.15) is 6.42 Å². The lowest BCUT2D eigenvalue weighted by Crippen LogP contribution is -2.74. The highest BCUT2D eigenvalue weighted by Gasteiger charge is 2.50. The first-order valence-electron chi connectivity index (χ1n) is 12.5. The molecule has 30 heavy (non-hydrogen) atoms. The predicted molar refractivity (Wildman–Crippen MR) is 116 cm³/mol. The SMILES string of the molecule is C1CC2CNCC(C3CNCC4C3OCCN4C3CNCC4OCCNC43)C2CN1. The van der Waals surface area contributed by atoms with Crippen molar-refractivity contribution in [1.29, 1.82) is 0 Å². The molecule has 5 N–H and O–H groups in total. The fourth-order valence-electron chi connectivity index (χ4n) is 7.53. The van der Waals surface area contributed by atoms with E-state index in [1.165, 1.54) is 26.1 Å². The summed E-state index contributed by atoms with van der Waals surface area (Å²) in [6.07, 6.45) is 1.96. The molecule has 0 aromatic rings. The van der Waals surface area contributed by atoms with E-state index in [0.29, 0.717) is 42.2 Å². The maximum Gasteiger partial charge on any atom is 0.0868 e. The number of hydrogen-bond acceptors (Lipinski definition) is 8. The van der Waals surface area contributed by atoms with Crippen molar-refractivity contribution < 1.29 is 9.47 Å². The van der Waals surface area contributed by atoms with Gasteiger partial charge in [0.25, 0.3) is 0 Å². The average Bonchev–Trinajstić information content (AvgIpc) is 2.83. The second kappa shape index (κ2) is 8.90. The van der Waals surface area contributed by atoms with Crippen LogP contribution in [0.25, 0.3) is 0 Å². The largest absolute Gasteiger partial charge is 0.375 e. The van der Waals surface area contributed by atoms with Gasteiger partial charge in [0, 0.05) is 57.3 Å². The molecule has 0 bridgehead atoms. The zero-order chi connectivity index (χ0) is 19.9. The third-order valence-electron chi connectivity index (χ3n) is 8.94. The maximum absolute atomic E-state index is 6.58. The highest BCUT2D eigenvalue weighted by atomic mass is 16.5. The first kappa shape index (κ1) is 20.3. The van der Waals surface area contributed by atoms with Crippen LogP contribution in [-0.4, -0.2) is 114 Å². The lowest BCUT2D eigenvalue weighted by molar-refractivity contribution is -0.152. The molecule has 9 unspecified atom stereocenters. The molecule has 6 fully saturated rings. The van der Waals surface area contributed by atoms with Gasteiger partial charge >= 0.3 is 0 Å². The van der Waals surface area contributed by atoms with Crippen LogP contribution in [0.4, 0.5) is 0 Å². The number of ether oxygens (including phenoxy) is 2.